The molecule has 0 atom stereocenters. The second kappa shape index (κ2) is 4.50. The summed E-state index contributed by atoms with van der Waals surface area (Å²) in [5.74, 6) is 0. The molecule has 0 saturated carbocycles. The maximum atomic E-state index is 10.8. The summed E-state index contributed by atoms with van der Waals surface area (Å²) in [6.45, 7) is 0. The van der Waals surface area contributed by atoms with Gasteiger partial charge in [0.05, 0.1) is 5.02 Å². The molecule has 0 unspecified atom stereocenters. The Morgan fingerprint density at radius 2 is 1.73 bits per heavy atom. The van der Waals surface area contributed by atoms with Crippen molar-refractivity contribution in [1.29, 1.82) is 0 Å². The second-order valence-electron chi connectivity index (χ2n) is 2.39. The summed E-state index contributed by atoms with van der Waals surface area (Å²) in [5, 5.41) is -0.389. The number of rotatable bonds is 2. The number of benzene rings is 1. The first-order valence-electron chi connectivity index (χ1n) is 3.25. The lowest BCUT2D eigenvalue weighted by molar-refractivity contribution is 0.482. The molecular formula is C6H3Cl2IO5S. The summed E-state index contributed by atoms with van der Waals surface area (Å²) < 4.78 is 51.5. The van der Waals surface area contributed by atoms with Crippen molar-refractivity contribution in [2.75, 3.05) is 0 Å². The van der Waals surface area contributed by atoms with Crippen LogP contribution >= 0.6 is 43.0 Å². The van der Waals surface area contributed by atoms with Crippen LogP contribution in [0.25, 0.3) is 0 Å². The van der Waals surface area contributed by atoms with Gasteiger partial charge in [0, 0.05) is 5.02 Å². The van der Waals surface area contributed by atoms with Crippen LogP contribution in [0.4, 0.5) is 0 Å². The Morgan fingerprint density at radius 3 is 2.13 bits per heavy atom. The maximum Gasteiger partial charge on any atom is 0.343 e. The lowest BCUT2D eigenvalue weighted by Crippen LogP contribution is -2.02. The molecular weight excluding hydrogens is 382 g/mol. The van der Waals surface area contributed by atoms with Crippen LogP contribution in [-0.2, 0) is 16.3 Å². The highest BCUT2D eigenvalue weighted by Gasteiger charge is 2.22. The molecule has 0 spiro atoms. The van der Waals surface area contributed by atoms with Gasteiger partial charge in [-0.25, -0.2) is 6.14 Å². The third-order valence-corrected chi connectivity index (χ3v) is 5.51. The van der Waals surface area contributed by atoms with Gasteiger partial charge in [0.1, 0.15) is 8.47 Å². The molecule has 15 heavy (non-hydrogen) atoms. The van der Waals surface area contributed by atoms with Crippen LogP contribution in [0.1, 0.15) is 0 Å². The van der Waals surface area contributed by atoms with Crippen molar-refractivity contribution < 1.29 is 19.1 Å². The summed E-state index contributed by atoms with van der Waals surface area (Å²) in [6, 6.07) is 1.92. The van der Waals surface area contributed by atoms with Gasteiger partial charge in [0.2, 0.25) is 0 Å². The van der Waals surface area contributed by atoms with Gasteiger partial charge in [-0.15, -0.1) is 0 Å². The normalized spacial score (nSPS) is 12.0. The number of hydrogen-bond donors (Lipinski definition) is 1. The van der Waals surface area contributed by atoms with Crippen molar-refractivity contribution in [2.45, 2.75) is 4.90 Å². The molecule has 0 aliphatic carbocycles. The maximum absolute atomic E-state index is 10.8. The molecule has 1 aromatic carbocycles. The SMILES string of the molecule is O=I(=O)c1c(Cl)cc(Cl)cc1S(=O)(=O)O. The molecule has 0 bridgehead atoms. The van der Waals surface area contributed by atoms with Crippen LogP contribution in [0, 0.1) is 3.57 Å². The number of halogens is 3. The Bertz CT molecular complexity index is 569. The highest BCUT2D eigenvalue weighted by Crippen LogP contribution is 2.34. The summed E-state index contributed by atoms with van der Waals surface area (Å²) in [4.78, 5) is -0.782. The molecule has 5 nitrogen and oxygen atoms in total. The highest BCUT2D eigenvalue weighted by atomic mass is 127. The van der Waals surface area contributed by atoms with E-state index in [1.807, 2.05) is 0 Å². The first kappa shape index (κ1) is 13.1. The molecule has 0 aromatic heterocycles. The van der Waals surface area contributed by atoms with E-state index in [2.05, 4.69) is 0 Å². The predicted octanol–water partition coefficient (Wildman–Crippen LogP) is 2.61. The first-order valence-corrected chi connectivity index (χ1v) is 8.29. The third kappa shape index (κ3) is 3.00. The Labute approximate surface area is 102 Å². The van der Waals surface area contributed by atoms with E-state index in [0.29, 0.717) is 0 Å². The predicted molar refractivity (Wildman–Crippen MR) is 60.4 cm³/mol. The fraction of sp³-hybridized carbons (Fsp3) is 0. The van der Waals surface area contributed by atoms with Gasteiger partial charge in [0.25, 0.3) is 10.1 Å². The minimum atomic E-state index is -4.65. The third-order valence-electron chi connectivity index (χ3n) is 1.39. The topological polar surface area (TPSA) is 88.5 Å². The Hall–Kier alpha value is 0.0400. The molecule has 1 aromatic rings. The molecule has 1 N–H and O–H groups in total. The van der Waals surface area contributed by atoms with Crippen LogP contribution in [0.15, 0.2) is 17.0 Å². The van der Waals surface area contributed by atoms with Gasteiger partial charge in [-0.05, 0) is 12.1 Å². The standard InChI is InChI=1S/C6H3Cl2IO5S/c7-3-1-4(8)6(9(10)11)5(2-3)15(12,13)14/h1-2H,(H,12,13,14). The summed E-state index contributed by atoms with van der Waals surface area (Å²) >= 11 is 6.87. The zero-order valence-electron chi connectivity index (χ0n) is 6.78. The van der Waals surface area contributed by atoms with Gasteiger partial charge in [-0.1, -0.05) is 23.2 Å². The van der Waals surface area contributed by atoms with E-state index in [-0.39, 0.29) is 10.0 Å². The van der Waals surface area contributed by atoms with Crippen LogP contribution in [-0.4, -0.2) is 13.0 Å². The van der Waals surface area contributed by atoms with E-state index in [4.69, 9.17) is 27.8 Å². The summed E-state index contributed by atoms with van der Waals surface area (Å²) in [6.07, 6.45) is 0. The molecule has 0 radical (unpaired) electrons. The molecule has 84 valence electrons. The molecule has 1 rings (SSSR count). The van der Waals surface area contributed by atoms with Crippen LogP contribution in [0.3, 0.4) is 0 Å². The Balaban J connectivity index is 3.78. The van der Waals surface area contributed by atoms with E-state index < -0.39 is 38.4 Å². The highest BCUT2D eigenvalue weighted by molar-refractivity contribution is 14.2. The van der Waals surface area contributed by atoms with Gasteiger partial charge in [-0.2, -0.15) is 8.42 Å². The van der Waals surface area contributed by atoms with Crippen molar-refractivity contribution in [3.05, 3.63) is 25.7 Å². The Morgan fingerprint density at radius 1 is 1.20 bits per heavy atom. The molecule has 9 heteroatoms. The van der Waals surface area contributed by atoms with E-state index in [1.165, 1.54) is 0 Å². The van der Waals surface area contributed by atoms with Crippen molar-refractivity contribution in [1.82, 2.24) is 0 Å². The quantitative estimate of drug-likeness (QED) is 0.481. The molecule has 0 aliphatic heterocycles. The van der Waals surface area contributed by atoms with Crippen molar-refractivity contribution in [3.63, 3.8) is 0 Å². The molecule has 0 fully saturated rings. The van der Waals surface area contributed by atoms with Crippen LogP contribution < -0.4 is 0 Å². The fourth-order valence-corrected chi connectivity index (χ4v) is 4.91. The van der Waals surface area contributed by atoms with Gasteiger partial charge in [-0.3, -0.25) is 4.55 Å². The lowest BCUT2D eigenvalue weighted by atomic mass is 10.4. The minimum absolute atomic E-state index is 0.0749. The largest absolute Gasteiger partial charge is 0.343 e. The number of hydrogen-bond acceptors (Lipinski definition) is 4. The lowest BCUT2D eigenvalue weighted by Gasteiger charge is -2.02. The Kier molecular flexibility index (Phi) is 3.93. The molecule has 0 saturated heterocycles. The van der Waals surface area contributed by atoms with Crippen molar-refractivity contribution in [3.8, 4) is 0 Å². The van der Waals surface area contributed by atoms with Crippen LogP contribution in [0.2, 0.25) is 10.0 Å². The van der Waals surface area contributed by atoms with E-state index in [1.54, 1.807) is 0 Å². The summed E-state index contributed by atoms with van der Waals surface area (Å²) in [5.41, 5.74) is 0. The first-order chi connectivity index (χ1) is 6.73. The van der Waals surface area contributed by atoms with E-state index in [0.717, 1.165) is 12.1 Å². The summed E-state index contributed by atoms with van der Waals surface area (Å²) in [7, 11) is -4.65. The average molecular weight is 385 g/mol. The monoisotopic (exact) mass is 384 g/mol. The molecule has 0 aliphatic rings. The zero-order chi connectivity index (χ0) is 11.8. The second-order valence-corrected chi connectivity index (χ2v) is 6.94. The van der Waals surface area contributed by atoms with E-state index in [9.17, 15) is 14.6 Å². The zero-order valence-corrected chi connectivity index (χ0v) is 11.3. The van der Waals surface area contributed by atoms with Crippen molar-refractivity contribution in [2.24, 2.45) is 0 Å². The van der Waals surface area contributed by atoms with Gasteiger partial charge < -0.3 is 0 Å². The van der Waals surface area contributed by atoms with Crippen LogP contribution in [0.5, 0.6) is 0 Å². The van der Waals surface area contributed by atoms with Gasteiger partial charge >= 0.3 is 19.8 Å². The van der Waals surface area contributed by atoms with Gasteiger partial charge in [0.15, 0.2) is 0 Å². The van der Waals surface area contributed by atoms with E-state index >= 15 is 0 Å². The van der Waals surface area contributed by atoms with Crippen molar-refractivity contribution >= 4 is 53.1 Å². The smallest absolute Gasteiger partial charge is 0.282 e. The average Bonchev–Trinajstić information content (AvgIpc) is 1.99. The minimum Gasteiger partial charge on any atom is -0.282 e. The molecule has 0 heterocycles. The molecule has 0 amide bonds. The fourth-order valence-electron chi connectivity index (χ4n) is 0.870.